The average molecular weight is 614 g/mol. The van der Waals surface area contributed by atoms with Crippen molar-refractivity contribution in [1.82, 2.24) is 15.5 Å². The summed E-state index contributed by atoms with van der Waals surface area (Å²) in [5, 5.41) is 15.3. The standard InChI is InChI=1S/C33H47N3O8/c1-32(2,3)43-25-18-16-23(17-19-25)21-27(29(38)39)36(7)28(37)26(15-11-12-20-34-30(40)44-33(4,5)6)35-31(41)42-22-24-13-9-8-10-14-24/h8-10,13-14,16-19,26-27H,11-12,15,20-22H2,1-7H3,(H,34,40)(H,35,41)(H,38,39)/t26-,27-/m0/s1. The fraction of sp³-hybridized carbons (Fsp3) is 0.515. The number of carbonyl (C=O) groups is 4. The van der Waals surface area contributed by atoms with Gasteiger partial charge < -0.3 is 34.9 Å². The number of ether oxygens (including phenoxy) is 3. The van der Waals surface area contributed by atoms with Gasteiger partial charge >= 0.3 is 18.2 Å². The van der Waals surface area contributed by atoms with Crippen LogP contribution in [0.1, 0.15) is 71.9 Å². The van der Waals surface area contributed by atoms with Crippen molar-refractivity contribution in [2.75, 3.05) is 13.6 Å². The number of alkyl carbamates (subject to hydrolysis) is 2. The number of unbranched alkanes of at least 4 members (excludes halogenated alkanes) is 1. The number of carbonyl (C=O) groups excluding carboxylic acids is 3. The number of benzene rings is 2. The highest BCUT2D eigenvalue weighted by Gasteiger charge is 2.32. The Labute approximate surface area is 260 Å². The van der Waals surface area contributed by atoms with Crippen molar-refractivity contribution in [1.29, 1.82) is 0 Å². The lowest BCUT2D eigenvalue weighted by molar-refractivity contribution is -0.149. The predicted molar refractivity (Wildman–Crippen MR) is 166 cm³/mol. The second-order valence-corrected chi connectivity index (χ2v) is 12.5. The van der Waals surface area contributed by atoms with Crippen LogP contribution in [0, 0.1) is 0 Å². The molecule has 0 bridgehead atoms. The Bertz CT molecular complexity index is 1220. The largest absolute Gasteiger partial charge is 0.488 e. The van der Waals surface area contributed by atoms with Gasteiger partial charge in [0.25, 0.3) is 0 Å². The number of rotatable bonds is 14. The van der Waals surface area contributed by atoms with Gasteiger partial charge in [-0.15, -0.1) is 0 Å². The van der Waals surface area contributed by atoms with Crippen LogP contribution in [0.4, 0.5) is 9.59 Å². The number of aliphatic carboxylic acids is 1. The van der Waals surface area contributed by atoms with Gasteiger partial charge in [-0.3, -0.25) is 4.79 Å². The molecule has 0 spiro atoms. The topological polar surface area (TPSA) is 144 Å². The molecule has 11 nitrogen and oxygen atoms in total. The van der Waals surface area contributed by atoms with Crippen LogP contribution in [0.2, 0.25) is 0 Å². The number of nitrogens with zero attached hydrogens (tertiary/aromatic N) is 1. The fourth-order valence-corrected chi connectivity index (χ4v) is 4.20. The van der Waals surface area contributed by atoms with Crippen molar-refractivity contribution < 1.29 is 38.5 Å². The lowest BCUT2D eigenvalue weighted by atomic mass is 10.0. The molecule has 3 amide bonds. The quantitative estimate of drug-likeness (QED) is 0.243. The van der Waals surface area contributed by atoms with Crippen LogP contribution >= 0.6 is 0 Å². The van der Waals surface area contributed by atoms with Crippen molar-refractivity contribution in [3.8, 4) is 5.75 Å². The number of hydrogen-bond acceptors (Lipinski definition) is 7. The third kappa shape index (κ3) is 13.8. The molecular formula is C33H47N3O8. The van der Waals surface area contributed by atoms with Gasteiger partial charge in [-0.05, 0) is 84.1 Å². The SMILES string of the molecule is CN(C(=O)[C@H](CCCCNC(=O)OC(C)(C)C)NC(=O)OCc1ccccc1)[C@@H](Cc1ccc(OC(C)(C)C)cc1)C(=O)O. The summed E-state index contributed by atoms with van der Waals surface area (Å²) in [7, 11) is 1.41. The van der Waals surface area contributed by atoms with Crippen LogP contribution in [0.3, 0.4) is 0 Å². The third-order valence-corrected chi connectivity index (χ3v) is 6.27. The van der Waals surface area contributed by atoms with Crippen molar-refractivity contribution in [3.63, 3.8) is 0 Å². The number of carboxylic acid groups (broad SMARTS) is 1. The van der Waals surface area contributed by atoms with E-state index in [0.717, 1.165) is 10.5 Å². The normalized spacial score (nSPS) is 12.8. The fourth-order valence-electron chi connectivity index (χ4n) is 4.20. The van der Waals surface area contributed by atoms with E-state index in [2.05, 4.69) is 10.6 Å². The molecule has 3 N–H and O–H groups in total. The summed E-state index contributed by atoms with van der Waals surface area (Å²) in [5.74, 6) is -1.10. The summed E-state index contributed by atoms with van der Waals surface area (Å²) >= 11 is 0. The zero-order chi connectivity index (χ0) is 32.9. The number of hydrogen-bond donors (Lipinski definition) is 3. The summed E-state index contributed by atoms with van der Waals surface area (Å²) in [4.78, 5) is 51.7. The molecule has 0 aliphatic heterocycles. The van der Waals surface area contributed by atoms with Crippen LogP contribution < -0.4 is 15.4 Å². The Morgan fingerprint density at radius 1 is 0.841 bits per heavy atom. The van der Waals surface area contributed by atoms with Crippen molar-refractivity contribution in [3.05, 3.63) is 65.7 Å². The maximum absolute atomic E-state index is 13.6. The van der Waals surface area contributed by atoms with Gasteiger partial charge in [-0.1, -0.05) is 42.5 Å². The van der Waals surface area contributed by atoms with Crippen LogP contribution in [-0.4, -0.2) is 70.9 Å². The Morgan fingerprint density at radius 2 is 1.48 bits per heavy atom. The summed E-state index contributed by atoms with van der Waals surface area (Å²) in [6, 6.07) is 13.9. The van der Waals surface area contributed by atoms with E-state index in [9.17, 15) is 24.3 Å². The minimum atomic E-state index is -1.18. The van der Waals surface area contributed by atoms with Crippen LogP contribution in [0.25, 0.3) is 0 Å². The molecule has 0 fully saturated rings. The third-order valence-electron chi connectivity index (χ3n) is 6.27. The highest BCUT2D eigenvalue weighted by Crippen LogP contribution is 2.20. The molecule has 44 heavy (non-hydrogen) atoms. The first-order valence-electron chi connectivity index (χ1n) is 14.8. The highest BCUT2D eigenvalue weighted by molar-refractivity contribution is 5.89. The Balaban J connectivity index is 2.08. The molecule has 0 aliphatic rings. The van der Waals surface area contributed by atoms with E-state index >= 15 is 0 Å². The Morgan fingerprint density at radius 3 is 2.05 bits per heavy atom. The molecule has 11 heteroatoms. The van der Waals surface area contributed by atoms with Crippen molar-refractivity contribution in [2.45, 2.75) is 97.1 Å². The van der Waals surface area contributed by atoms with E-state index < -0.39 is 41.7 Å². The smallest absolute Gasteiger partial charge is 0.408 e. The van der Waals surface area contributed by atoms with Crippen molar-refractivity contribution >= 4 is 24.1 Å². The maximum Gasteiger partial charge on any atom is 0.408 e. The molecule has 0 heterocycles. The highest BCUT2D eigenvalue weighted by atomic mass is 16.6. The lowest BCUT2D eigenvalue weighted by Gasteiger charge is -2.29. The summed E-state index contributed by atoms with van der Waals surface area (Å²) in [6.07, 6.45) is -0.142. The number of amides is 3. The van der Waals surface area contributed by atoms with Gasteiger partial charge in [0.15, 0.2) is 0 Å². The molecular weight excluding hydrogens is 566 g/mol. The molecule has 2 aromatic rings. The van der Waals surface area contributed by atoms with Crippen molar-refractivity contribution in [2.24, 2.45) is 0 Å². The first kappa shape index (κ1) is 35.9. The molecule has 0 unspecified atom stereocenters. The second kappa shape index (κ2) is 16.5. The molecule has 2 aromatic carbocycles. The number of nitrogens with one attached hydrogen (secondary N) is 2. The minimum Gasteiger partial charge on any atom is -0.488 e. The monoisotopic (exact) mass is 613 g/mol. The van der Waals surface area contributed by atoms with E-state index in [1.807, 2.05) is 39.0 Å². The maximum atomic E-state index is 13.6. The van der Waals surface area contributed by atoms with Crippen LogP contribution in [-0.2, 0) is 32.1 Å². The number of carboxylic acids is 1. The zero-order valence-electron chi connectivity index (χ0n) is 26.8. The van der Waals surface area contributed by atoms with Gasteiger partial charge in [0.1, 0.15) is 35.6 Å². The van der Waals surface area contributed by atoms with Gasteiger partial charge in [0, 0.05) is 20.0 Å². The number of likely N-dealkylation sites (N-methyl/N-ethyl adjacent to an activating group) is 1. The second-order valence-electron chi connectivity index (χ2n) is 12.5. The van der Waals surface area contributed by atoms with E-state index in [-0.39, 0.29) is 25.0 Å². The van der Waals surface area contributed by atoms with Crippen LogP contribution in [0.15, 0.2) is 54.6 Å². The summed E-state index contributed by atoms with van der Waals surface area (Å²) in [5.41, 5.74) is 0.478. The minimum absolute atomic E-state index is 0.00983. The molecule has 2 atom stereocenters. The summed E-state index contributed by atoms with van der Waals surface area (Å²) in [6.45, 7) is 11.4. The lowest BCUT2D eigenvalue weighted by Crippen LogP contribution is -2.53. The average Bonchev–Trinajstić information content (AvgIpc) is 2.92. The first-order chi connectivity index (χ1) is 20.5. The molecule has 0 saturated heterocycles. The first-order valence-corrected chi connectivity index (χ1v) is 14.8. The molecule has 0 aromatic heterocycles. The van der Waals surface area contributed by atoms with E-state index in [1.54, 1.807) is 57.2 Å². The van der Waals surface area contributed by atoms with E-state index in [0.29, 0.717) is 30.7 Å². The molecule has 2 rings (SSSR count). The predicted octanol–water partition coefficient (Wildman–Crippen LogP) is 5.31. The van der Waals surface area contributed by atoms with Gasteiger partial charge in [-0.25, -0.2) is 14.4 Å². The van der Waals surface area contributed by atoms with Crippen LogP contribution in [0.5, 0.6) is 5.75 Å². The molecule has 242 valence electrons. The van der Waals surface area contributed by atoms with E-state index in [1.165, 1.54) is 7.05 Å². The van der Waals surface area contributed by atoms with Gasteiger partial charge in [-0.2, -0.15) is 0 Å². The van der Waals surface area contributed by atoms with Gasteiger partial charge in [0.05, 0.1) is 0 Å². The molecule has 0 saturated carbocycles. The Hall–Kier alpha value is -4.28. The zero-order valence-corrected chi connectivity index (χ0v) is 26.8. The summed E-state index contributed by atoms with van der Waals surface area (Å²) < 4.78 is 16.4. The molecule has 0 aliphatic carbocycles. The Kier molecular flexibility index (Phi) is 13.5. The van der Waals surface area contributed by atoms with E-state index in [4.69, 9.17) is 14.2 Å². The van der Waals surface area contributed by atoms with Gasteiger partial charge in [0.2, 0.25) is 5.91 Å². The molecule has 0 radical (unpaired) electrons.